The summed E-state index contributed by atoms with van der Waals surface area (Å²) in [6, 6.07) is 0. The molecule has 80 valence electrons. The first-order chi connectivity index (χ1) is 7.24. The number of allylic oxidation sites excluding steroid dienone is 7. The molecule has 0 saturated carbocycles. The molecule has 0 aliphatic heterocycles. The second-order valence-corrected chi connectivity index (χ2v) is 4.58. The van der Waals surface area contributed by atoms with Crippen molar-refractivity contribution in [1.82, 2.24) is 0 Å². The summed E-state index contributed by atoms with van der Waals surface area (Å²) >= 11 is 6.01. The molecule has 2 atom stereocenters. The van der Waals surface area contributed by atoms with Crippen LogP contribution in [0.2, 0.25) is 0 Å². The summed E-state index contributed by atoms with van der Waals surface area (Å²) in [5.74, 6) is 2.51. The quantitative estimate of drug-likeness (QED) is 0.644. The summed E-state index contributed by atoms with van der Waals surface area (Å²) in [5.41, 5.74) is 0. The molecule has 0 heterocycles. The molecule has 0 bridgehead atoms. The van der Waals surface area contributed by atoms with Gasteiger partial charge in [0.1, 0.15) is 11.5 Å². The van der Waals surface area contributed by atoms with Gasteiger partial charge in [0.15, 0.2) is 0 Å². The van der Waals surface area contributed by atoms with Gasteiger partial charge < -0.3 is 4.74 Å². The molecule has 2 rings (SSSR count). The normalized spacial score (nSPS) is 29.7. The molecule has 0 N–H and O–H groups in total. The summed E-state index contributed by atoms with van der Waals surface area (Å²) < 4.78 is 5.75. The van der Waals surface area contributed by atoms with Gasteiger partial charge in [0.25, 0.3) is 0 Å². The molecular weight excluding hydrogens is 208 g/mol. The van der Waals surface area contributed by atoms with Crippen LogP contribution in [0.25, 0.3) is 0 Å². The summed E-state index contributed by atoms with van der Waals surface area (Å²) in [5, 5.41) is 0.0668. The highest BCUT2D eigenvalue weighted by molar-refractivity contribution is 6.22. The fourth-order valence-electron chi connectivity index (χ4n) is 1.62. The summed E-state index contributed by atoms with van der Waals surface area (Å²) in [6.07, 6.45) is 14.1. The van der Waals surface area contributed by atoms with Gasteiger partial charge in [-0.25, -0.2) is 0 Å². The summed E-state index contributed by atoms with van der Waals surface area (Å²) in [7, 11) is 0. The highest BCUT2D eigenvalue weighted by Crippen LogP contribution is 2.24. The first kappa shape index (κ1) is 10.6. The second kappa shape index (κ2) is 4.71. The van der Waals surface area contributed by atoms with E-state index in [1.165, 1.54) is 0 Å². The minimum atomic E-state index is 0.0668. The van der Waals surface area contributed by atoms with Crippen molar-refractivity contribution in [2.45, 2.75) is 25.1 Å². The predicted octanol–water partition coefficient (Wildman–Crippen LogP) is 3.93. The predicted molar refractivity (Wildman–Crippen MR) is 63.6 cm³/mol. The smallest absolute Gasteiger partial charge is 0.122 e. The summed E-state index contributed by atoms with van der Waals surface area (Å²) in [6.45, 7) is 2.20. The lowest BCUT2D eigenvalue weighted by Crippen LogP contribution is -2.04. The van der Waals surface area contributed by atoms with Crippen LogP contribution in [0.1, 0.15) is 19.8 Å². The maximum Gasteiger partial charge on any atom is 0.122 e. The van der Waals surface area contributed by atoms with E-state index in [1.54, 1.807) is 0 Å². The molecule has 0 fully saturated rings. The largest absolute Gasteiger partial charge is 0.462 e. The van der Waals surface area contributed by atoms with Gasteiger partial charge in [-0.05, 0) is 30.6 Å². The van der Waals surface area contributed by atoms with Crippen LogP contribution in [0.5, 0.6) is 0 Å². The van der Waals surface area contributed by atoms with Crippen molar-refractivity contribution in [2.75, 3.05) is 0 Å². The zero-order chi connectivity index (χ0) is 10.7. The van der Waals surface area contributed by atoms with Crippen molar-refractivity contribution >= 4 is 11.6 Å². The Morgan fingerprint density at radius 1 is 1.40 bits per heavy atom. The molecule has 2 aliphatic rings. The van der Waals surface area contributed by atoms with E-state index in [2.05, 4.69) is 19.1 Å². The molecule has 2 unspecified atom stereocenters. The van der Waals surface area contributed by atoms with Crippen LogP contribution >= 0.6 is 11.6 Å². The van der Waals surface area contributed by atoms with E-state index in [4.69, 9.17) is 16.3 Å². The lowest BCUT2D eigenvalue weighted by atomic mass is 10.0. The van der Waals surface area contributed by atoms with Crippen molar-refractivity contribution in [1.29, 1.82) is 0 Å². The van der Waals surface area contributed by atoms with E-state index in [0.717, 1.165) is 24.4 Å². The van der Waals surface area contributed by atoms with Crippen LogP contribution in [-0.4, -0.2) is 5.38 Å². The zero-order valence-corrected chi connectivity index (χ0v) is 9.58. The number of rotatable bonds is 2. The zero-order valence-electron chi connectivity index (χ0n) is 8.82. The van der Waals surface area contributed by atoms with E-state index in [1.807, 2.05) is 24.3 Å². The SMILES string of the molecule is CC1C=CC(OC2=CC=CC(Cl)C2)=CC1. The monoisotopic (exact) mass is 222 g/mol. The Labute approximate surface area is 95.8 Å². The Kier molecular flexibility index (Phi) is 3.32. The van der Waals surface area contributed by atoms with Crippen LogP contribution < -0.4 is 0 Å². The average molecular weight is 223 g/mol. The molecule has 0 aromatic heterocycles. The van der Waals surface area contributed by atoms with E-state index in [-0.39, 0.29) is 5.38 Å². The van der Waals surface area contributed by atoms with Gasteiger partial charge in [-0.1, -0.05) is 25.2 Å². The topological polar surface area (TPSA) is 9.23 Å². The average Bonchev–Trinajstić information content (AvgIpc) is 2.22. The van der Waals surface area contributed by atoms with Crippen molar-refractivity contribution in [3.63, 3.8) is 0 Å². The van der Waals surface area contributed by atoms with Gasteiger partial charge >= 0.3 is 0 Å². The number of alkyl halides is 1. The van der Waals surface area contributed by atoms with E-state index >= 15 is 0 Å². The number of hydrogen-bond donors (Lipinski definition) is 0. The van der Waals surface area contributed by atoms with Crippen molar-refractivity contribution < 1.29 is 4.74 Å². The van der Waals surface area contributed by atoms with Gasteiger partial charge in [-0.15, -0.1) is 11.6 Å². The number of ether oxygens (including phenoxy) is 1. The Balaban J connectivity index is 1.96. The molecule has 1 nitrogen and oxygen atoms in total. The highest BCUT2D eigenvalue weighted by atomic mass is 35.5. The van der Waals surface area contributed by atoms with Gasteiger partial charge in [0, 0.05) is 6.42 Å². The Hall–Kier alpha value is -0.950. The van der Waals surface area contributed by atoms with Crippen molar-refractivity contribution in [3.8, 4) is 0 Å². The molecule has 0 radical (unpaired) electrons. The van der Waals surface area contributed by atoms with Gasteiger partial charge in [-0.2, -0.15) is 0 Å². The van der Waals surface area contributed by atoms with Crippen LogP contribution in [0.15, 0.2) is 48.0 Å². The third-order valence-corrected chi connectivity index (χ3v) is 2.83. The van der Waals surface area contributed by atoms with E-state index < -0.39 is 0 Å². The number of hydrogen-bond acceptors (Lipinski definition) is 1. The van der Waals surface area contributed by atoms with Crippen LogP contribution in [0, 0.1) is 5.92 Å². The lowest BCUT2D eigenvalue weighted by molar-refractivity contribution is 0.300. The van der Waals surface area contributed by atoms with Crippen LogP contribution in [0.3, 0.4) is 0 Å². The van der Waals surface area contributed by atoms with E-state index in [0.29, 0.717) is 5.92 Å². The Morgan fingerprint density at radius 3 is 2.93 bits per heavy atom. The molecule has 2 aliphatic carbocycles. The Bertz CT molecular complexity index is 350. The van der Waals surface area contributed by atoms with Gasteiger partial charge in [0.2, 0.25) is 0 Å². The molecule has 0 aromatic carbocycles. The molecule has 0 amide bonds. The molecule has 0 saturated heterocycles. The molecule has 2 heteroatoms. The highest BCUT2D eigenvalue weighted by Gasteiger charge is 2.12. The standard InChI is InChI=1S/C13H15ClO/c1-10-5-7-12(8-6-10)15-13-4-2-3-11(14)9-13/h2-5,7-8,10-11H,6,9H2,1H3. The maximum atomic E-state index is 6.01. The number of halogens is 1. The summed E-state index contributed by atoms with van der Waals surface area (Å²) in [4.78, 5) is 0. The molecule has 15 heavy (non-hydrogen) atoms. The molecule has 0 spiro atoms. The van der Waals surface area contributed by atoms with Crippen LogP contribution in [0.4, 0.5) is 0 Å². The van der Waals surface area contributed by atoms with Gasteiger partial charge in [-0.3, -0.25) is 0 Å². The lowest BCUT2D eigenvalue weighted by Gasteiger charge is -2.17. The minimum absolute atomic E-state index is 0.0668. The molecular formula is C13H15ClO. The second-order valence-electron chi connectivity index (χ2n) is 4.02. The Morgan fingerprint density at radius 2 is 2.27 bits per heavy atom. The fraction of sp³-hybridized carbons (Fsp3) is 0.385. The van der Waals surface area contributed by atoms with Crippen molar-refractivity contribution in [2.24, 2.45) is 5.92 Å². The van der Waals surface area contributed by atoms with E-state index in [9.17, 15) is 0 Å². The maximum absolute atomic E-state index is 6.01. The van der Waals surface area contributed by atoms with Gasteiger partial charge in [0.05, 0.1) is 5.38 Å². The first-order valence-electron chi connectivity index (χ1n) is 5.31. The third kappa shape index (κ3) is 3.00. The fourth-order valence-corrected chi connectivity index (χ4v) is 1.86. The molecule has 0 aromatic rings. The van der Waals surface area contributed by atoms with Crippen LogP contribution in [-0.2, 0) is 4.74 Å². The third-order valence-electron chi connectivity index (χ3n) is 2.53. The minimum Gasteiger partial charge on any atom is -0.462 e. The van der Waals surface area contributed by atoms with Crippen molar-refractivity contribution in [3.05, 3.63) is 48.0 Å². The first-order valence-corrected chi connectivity index (χ1v) is 5.75.